The Morgan fingerprint density at radius 2 is 1.32 bits per heavy atom. The van der Waals surface area contributed by atoms with Gasteiger partial charge in [-0.3, -0.25) is 9.59 Å². The van der Waals surface area contributed by atoms with Crippen LogP contribution in [0.3, 0.4) is 0 Å². The third-order valence-corrected chi connectivity index (χ3v) is 4.16. The van der Waals surface area contributed by atoms with Crippen LogP contribution >= 0.6 is 0 Å². The molecule has 124 valence electrons. The number of hydrogen-bond acceptors (Lipinski definition) is 3. The largest absolute Gasteiger partial charge is 0.362 e. The summed E-state index contributed by atoms with van der Waals surface area (Å²) in [5.74, 6) is -0.193. The van der Waals surface area contributed by atoms with E-state index in [4.69, 9.17) is 0 Å². The van der Waals surface area contributed by atoms with Gasteiger partial charge in [0.15, 0.2) is 0 Å². The van der Waals surface area contributed by atoms with E-state index in [-0.39, 0.29) is 23.9 Å². The van der Waals surface area contributed by atoms with Crippen LogP contribution in [-0.2, 0) is 9.59 Å². The number of carbonyl (C=O) groups excluding carboxylic acids is 2. The van der Waals surface area contributed by atoms with Crippen molar-refractivity contribution < 1.29 is 9.59 Å². The van der Waals surface area contributed by atoms with Gasteiger partial charge >= 0.3 is 0 Å². The highest BCUT2D eigenvalue weighted by molar-refractivity contribution is 6.01. The van der Waals surface area contributed by atoms with E-state index < -0.39 is 0 Å². The number of carbonyl (C=O) groups is 2. The van der Waals surface area contributed by atoms with E-state index in [1.54, 1.807) is 0 Å². The normalized spacial score (nSPS) is 17.7. The molecule has 2 unspecified atom stereocenters. The van der Waals surface area contributed by atoms with Gasteiger partial charge in [0, 0.05) is 41.0 Å². The van der Waals surface area contributed by atoms with Crippen LogP contribution in [0, 0.1) is 0 Å². The highest BCUT2D eigenvalue weighted by Gasteiger charge is 2.25. The first-order valence-corrected chi connectivity index (χ1v) is 8.08. The minimum atomic E-state index is -0.0966. The number of hydrogen-bond donors (Lipinski definition) is 3. The van der Waals surface area contributed by atoms with Crippen LogP contribution in [0.2, 0.25) is 0 Å². The molecular formula is C17H29N3O2. The van der Waals surface area contributed by atoms with Crippen LogP contribution < -0.4 is 16.0 Å². The molecule has 0 saturated heterocycles. The summed E-state index contributed by atoms with van der Waals surface area (Å²) in [5, 5.41) is 9.09. The molecule has 1 rings (SSSR count). The van der Waals surface area contributed by atoms with Crippen LogP contribution in [-0.4, -0.2) is 23.9 Å². The van der Waals surface area contributed by atoms with Gasteiger partial charge in [0.05, 0.1) is 0 Å². The van der Waals surface area contributed by atoms with Crippen molar-refractivity contribution >= 4 is 11.8 Å². The maximum absolute atomic E-state index is 12.4. The quantitative estimate of drug-likeness (QED) is 0.705. The van der Waals surface area contributed by atoms with Crippen LogP contribution in [0.4, 0.5) is 0 Å². The first-order chi connectivity index (χ1) is 10.3. The Morgan fingerprint density at radius 1 is 0.955 bits per heavy atom. The molecule has 0 aliphatic carbocycles. The lowest BCUT2D eigenvalue weighted by atomic mass is 9.96. The molecule has 5 nitrogen and oxygen atoms in total. The molecule has 0 aromatic carbocycles. The van der Waals surface area contributed by atoms with Crippen LogP contribution in [0.15, 0.2) is 22.5 Å². The molecule has 0 spiro atoms. The summed E-state index contributed by atoms with van der Waals surface area (Å²) >= 11 is 0. The summed E-state index contributed by atoms with van der Waals surface area (Å²) < 4.78 is 0. The molecule has 0 fully saturated rings. The Balaban J connectivity index is 2.86. The molecule has 5 heteroatoms. The molecule has 2 amide bonds. The predicted octanol–water partition coefficient (Wildman–Crippen LogP) is 2.36. The molecule has 2 atom stereocenters. The number of allylic oxidation sites excluding steroid dienone is 2. The highest BCUT2D eigenvalue weighted by Crippen LogP contribution is 2.23. The third kappa shape index (κ3) is 4.61. The molecule has 0 radical (unpaired) electrons. The van der Waals surface area contributed by atoms with Gasteiger partial charge in [-0.25, -0.2) is 0 Å². The fourth-order valence-electron chi connectivity index (χ4n) is 2.20. The van der Waals surface area contributed by atoms with Gasteiger partial charge in [0.25, 0.3) is 0 Å². The van der Waals surface area contributed by atoms with E-state index in [0.717, 1.165) is 24.2 Å². The Bertz CT molecular complexity index is 462. The molecule has 0 bridgehead atoms. The summed E-state index contributed by atoms with van der Waals surface area (Å²) in [5.41, 5.74) is 2.91. The van der Waals surface area contributed by atoms with Gasteiger partial charge in [0.1, 0.15) is 0 Å². The SMILES string of the molecule is CCC(C)NC(=O)C1=C(C)NC(C)=C(C(=O)NC(C)CC)C1. The number of amides is 2. The second-order valence-electron chi connectivity index (χ2n) is 6.07. The summed E-state index contributed by atoms with van der Waals surface area (Å²) in [6, 6.07) is 0.245. The molecule has 1 aliphatic rings. The fraction of sp³-hybridized carbons (Fsp3) is 0.647. The topological polar surface area (TPSA) is 70.2 Å². The second kappa shape index (κ2) is 8.01. The molecule has 1 aliphatic heterocycles. The molecule has 1 heterocycles. The number of dihydropyridines is 1. The average molecular weight is 307 g/mol. The summed E-state index contributed by atoms with van der Waals surface area (Å²) in [6.07, 6.45) is 2.12. The summed E-state index contributed by atoms with van der Waals surface area (Å²) in [4.78, 5) is 24.7. The van der Waals surface area contributed by atoms with Crippen LogP contribution in [0.1, 0.15) is 60.8 Å². The summed E-state index contributed by atoms with van der Waals surface area (Å²) in [6.45, 7) is 11.8. The third-order valence-electron chi connectivity index (χ3n) is 4.16. The maximum atomic E-state index is 12.4. The lowest BCUT2D eigenvalue weighted by Gasteiger charge is -2.25. The monoisotopic (exact) mass is 307 g/mol. The highest BCUT2D eigenvalue weighted by atomic mass is 16.2. The van der Waals surface area contributed by atoms with Crippen molar-refractivity contribution in [2.45, 2.75) is 72.9 Å². The zero-order chi connectivity index (χ0) is 16.9. The Morgan fingerprint density at radius 3 is 1.64 bits per heavy atom. The molecule has 0 aromatic heterocycles. The zero-order valence-electron chi connectivity index (χ0n) is 14.6. The van der Waals surface area contributed by atoms with Gasteiger partial charge in [-0.05, 0) is 40.5 Å². The molecular weight excluding hydrogens is 278 g/mol. The lowest BCUT2D eigenvalue weighted by molar-refractivity contribution is -0.118. The van der Waals surface area contributed by atoms with Crippen molar-refractivity contribution in [3.05, 3.63) is 22.5 Å². The zero-order valence-corrected chi connectivity index (χ0v) is 14.6. The Labute approximate surface area is 133 Å². The Kier molecular flexibility index (Phi) is 6.65. The molecule has 3 N–H and O–H groups in total. The van der Waals surface area contributed by atoms with Crippen molar-refractivity contribution in [1.82, 2.24) is 16.0 Å². The standard InChI is InChI=1S/C17H29N3O2/c1-7-10(3)18-16(21)14-9-15(13(6)20-12(14)5)17(22)19-11(4)8-2/h10-11,20H,7-9H2,1-6H3,(H,18,21)(H,19,22). The smallest absolute Gasteiger partial charge is 0.249 e. The van der Waals surface area contributed by atoms with E-state index in [2.05, 4.69) is 16.0 Å². The van der Waals surface area contributed by atoms with Crippen molar-refractivity contribution in [2.75, 3.05) is 0 Å². The van der Waals surface area contributed by atoms with Gasteiger partial charge in [-0.15, -0.1) is 0 Å². The molecule has 0 saturated carbocycles. The van der Waals surface area contributed by atoms with Gasteiger partial charge in [0.2, 0.25) is 11.8 Å². The number of rotatable bonds is 6. The van der Waals surface area contributed by atoms with E-state index in [9.17, 15) is 9.59 Å². The predicted molar refractivity (Wildman–Crippen MR) is 88.9 cm³/mol. The average Bonchev–Trinajstić information content (AvgIpc) is 2.46. The summed E-state index contributed by atoms with van der Waals surface area (Å²) in [7, 11) is 0. The van der Waals surface area contributed by atoms with Gasteiger partial charge in [-0.2, -0.15) is 0 Å². The van der Waals surface area contributed by atoms with E-state index in [1.807, 2.05) is 41.5 Å². The van der Waals surface area contributed by atoms with Gasteiger partial charge in [-0.1, -0.05) is 13.8 Å². The van der Waals surface area contributed by atoms with Crippen LogP contribution in [0.25, 0.3) is 0 Å². The first-order valence-electron chi connectivity index (χ1n) is 8.08. The maximum Gasteiger partial charge on any atom is 0.249 e. The minimum absolute atomic E-state index is 0.0966. The fourth-order valence-corrected chi connectivity index (χ4v) is 2.20. The van der Waals surface area contributed by atoms with E-state index in [1.165, 1.54) is 0 Å². The molecule has 0 aromatic rings. The second-order valence-corrected chi connectivity index (χ2v) is 6.07. The first kappa shape index (κ1) is 18.3. The number of nitrogens with one attached hydrogen (secondary N) is 3. The van der Waals surface area contributed by atoms with Crippen LogP contribution in [0.5, 0.6) is 0 Å². The Hall–Kier alpha value is -1.78. The van der Waals surface area contributed by atoms with Crippen molar-refractivity contribution in [3.8, 4) is 0 Å². The minimum Gasteiger partial charge on any atom is -0.362 e. The van der Waals surface area contributed by atoms with Crippen molar-refractivity contribution in [3.63, 3.8) is 0 Å². The lowest BCUT2D eigenvalue weighted by Crippen LogP contribution is -2.39. The van der Waals surface area contributed by atoms with Crippen molar-refractivity contribution in [1.29, 1.82) is 0 Å². The van der Waals surface area contributed by atoms with Gasteiger partial charge < -0.3 is 16.0 Å². The molecule has 22 heavy (non-hydrogen) atoms. The van der Waals surface area contributed by atoms with E-state index >= 15 is 0 Å². The van der Waals surface area contributed by atoms with Crippen molar-refractivity contribution in [2.24, 2.45) is 0 Å². The van der Waals surface area contributed by atoms with E-state index in [0.29, 0.717) is 17.6 Å².